The van der Waals surface area contributed by atoms with E-state index < -0.39 is 11.9 Å². The number of carbonyl (C=O) groups excluding carboxylic acids is 1. The molecule has 8 heteroatoms. The maximum atomic E-state index is 13.9. The number of furan rings is 1. The molecular formula is C25H23ClFN3O3. The largest absolute Gasteiger partial charge is 0.459 e. The van der Waals surface area contributed by atoms with Gasteiger partial charge in [-0.05, 0) is 55.8 Å². The van der Waals surface area contributed by atoms with Gasteiger partial charge >= 0.3 is 0 Å². The van der Waals surface area contributed by atoms with Crippen molar-refractivity contribution >= 4 is 28.4 Å². The van der Waals surface area contributed by atoms with Gasteiger partial charge in [0.05, 0.1) is 33.9 Å². The second-order valence-corrected chi connectivity index (χ2v) is 8.14. The summed E-state index contributed by atoms with van der Waals surface area (Å²) >= 11 is 6.03. The smallest absolute Gasteiger partial charge is 0.290 e. The Morgan fingerprint density at radius 3 is 2.70 bits per heavy atom. The van der Waals surface area contributed by atoms with Gasteiger partial charge in [-0.3, -0.25) is 14.2 Å². The molecule has 2 aromatic heterocycles. The van der Waals surface area contributed by atoms with E-state index in [0.29, 0.717) is 29.0 Å². The highest BCUT2D eigenvalue weighted by molar-refractivity contribution is 6.30. The van der Waals surface area contributed by atoms with E-state index in [2.05, 4.69) is 0 Å². The van der Waals surface area contributed by atoms with Crippen molar-refractivity contribution in [1.29, 1.82) is 0 Å². The average molecular weight is 468 g/mol. The van der Waals surface area contributed by atoms with Crippen LogP contribution in [0.25, 0.3) is 16.6 Å². The molecule has 4 rings (SSSR count). The molecule has 0 fully saturated rings. The topological polar surface area (TPSA) is 68.3 Å². The minimum Gasteiger partial charge on any atom is -0.459 e. The summed E-state index contributed by atoms with van der Waals surface area (Å²) in [6, 6.07) is 13.7. The number of aromatic nitrogens is 2. The number of hydrogen-bond acceptors (Lipinski definition) is 4. The van der Waals surface area contributed by atoms with E-state index in [4.69, 9.17) is 21.0 Å². The fourth-order valence-corrected chi connectivity index (χ4v) is 3.96. The number of nitrogens with zero attached hydrogens (tertiary/aromatic N) is 3. The molecule has 0 bridgehead atoms. The molecular weight excluding hydrogens is 445 g/mol. The molecule has 170 valence electrons. The normalized spacial score (nSPS) is 12.1. The Kier molecular flexibility index (Phi) is 6.60. The van der Waals surface area contributed by atoms with Crippen LogP contribution < -0.4 is 5.56 Å². The minimum absolute atomic E-state index is 0.110. The zero-order valence-corrected chi connectivity index (χ0v) is 19.1. The second kappa shape index (κ2) is 9.58. The molecule has 33 heavy (non-hydrogen) atoms. The van der Waals surface area contributed by atoms with E-state index in [1.807, 2.05) is 13.8 Å². The molecule has 0 aliphatic carbocycles. The molecule has 1 unspecified atom stereocenters. The highest BCUT2D eigenvalue weighted by Crippen LogP contribution is 2.26. The van der Waals surface area contributed by atoms with Gasteiger partial charge in [-0.1, -0.05) is 37.1 Å². The van der Waals surface area contributed by atoms with Crippen LogP contribution in [0.5, 0.6) is 0 Å². The predicted octanol–water partition coefficient (Wildman–Crippen LogP) is 5.77. The van der Waals surface area contributed by atoms with E-state index in [0.717, 1.165) is 12.8 Å². The summed E-state index contributed by atoms with van der Waals surface area (Å²) in [7, 11) is 0. The number of halogens is 2. The Labute approximate surface area is 195 Å². The van der Waals surface area contributed by atoms with Crippen molar-refractivity contribution in [2.45, 2.75) is 32.7 Å². The first-order chi connectivity index (χ1) is 15.9. The molecule has 2 aromatic carbocycles. The van der Waals surface area contributed by atoms with E-state index in [9.17, 15) is 14.0 Å². The van der Waals surface area contributed by atoms with Gasteiger partial charge in [-0.15, -0.1) is 0 Å². The average Bonchev–Trinajstić information content (AvgIpc) is 3.36. The molecule has 0 aliphatic rings. The van der Waals surface area contributed by atoms with Gasteiger partial charge in [0.1, 0.15) is 11.6 Å². The number of amides is 1. The molecule has 1 atom stereocenters. The molecule has 0 saturated carbocycles. The minimum atomic E-state index is -0.589. The van der Waals surface area contributed by atoms with Crippen molar-refractivity contribution in [3.05, 3.63) is 93.6 Å². The van der Waals surface area contributed by atoms with Gasteiger partial charge in [-0.25, -0.2) is 9.37 Å². The summed E-state index contributed by atoms with van der Waals surface area (Å²) < 4.78 is 20.6. The maximum Gasteiger partial charge on any atom is 0.290 e. The Hall–Kier alpha value is -3.45. The molecule has 2 heterocycles. The fraction of sp³-hybridized carbons (Fsp3) is 0.240. The number of unbranched alkanes of at least 4 members (excludes halogenated alkanes) is 1. The van der Waals surface area contributed by atoms with Crippen LogP contribution in [0.4, 0.5) is 4.39 Å². The molecule has 4 aromatic rings. The maximum absolute atomic E-state index is 13.9. The molecule has 1 amide bonds. The molecule has 0 spiro atoms. The van der Waals surface area contributed by atoms with Crippen molar-refractivity contribution in [2.75, 3.05) is 6.54 Å². The Bertz CT molecular complexity index is 1350. The standard InChI is InChI=1S/C25H23ClFN3O3/c1-3-4-13-29(25(32)22-10-7-14-33-22)16(2)23-28-21-9-6-5-8-18(21)24(31)30(23)17-11-12-20(27)19(26)15-17/h5-12,14-16H,3-4,13H2,1-2H3. The lowest BCUT2D eigenvalue weighted by molar-refractivity contribution is 0.0645. The van der Waals surface area contributed by atoms with Gasteiger partial charge in [-0.2, -0.15) is 0 Å². The van der Waals surface area contributed by atoms with Crippen LogP contribution >= 0.6 is 11.6 Å². The number of para-hydroxylation sites is 1. The van der Waals surface area contributed by atoms with Gasteiger partial charge in [0.25, 0.3) is 11.5 Å². The Morgan fingerprint density at radius 2 is 2.00 bits per heavy atom. The third-order valence-corrected chi connectivity index (χ3v) is 5.84. The predicted molar refractivity (Wildman–Crippen MR) is 125 cm³/mol. The first kappa shape index (κ1) is 22.7. The highest BCUT2D eigenvalue weighted by Gasteiger charge is 2.28. The fourth-order valence-electron chi connectivity index (χ4n) is 3.78. The molecule has 0 N–H and O–H groups in total. The van der Waals surface area contributed by atoms with Gasteiger partial charge < -0.3 is 9.32 Å². The summed E-state index contributed by atoms with van der Waals surface area (Å²) in [6.07, 6.45) is 3.08. The van der Waals surface area contributed by atoms with Crippen LogP contribution in [0.1, 0.15) is 49.1 Å². The molecule has 0 saturated heterocycles. The van der Waals surface area contributed by atoms with E-state index in [1.165, 1.54) is 29.0 Å². The van der Waals surface area contributed by atoms with Crippen LogP contribution in [0.2, 0.25) is 5.02 Å². The Balaban J connectivity index is 1.92. The van der Waals surface area contributed by atoms with Gasteiger partial charge in [0.2, 0.25) is 0 Å². The van der Waals surface area contributed by atoms with E-state index >= 15 is 0 Å². The third-order valence-electron chi connectivity index (χ3n) is 5.55. The number of fused-ring (bicyclic) bond motifs is 1. The lowest BCUT2D eigenvalue weighted by Gasteiger charge is -2.30. The lowest BCUT2D eigenvalue weighted by Crippen LogP contribution is -2.38. The van der Waals surface area contributed by atoms with Gasteiger partial charge in [0.15, 0.2) is 5.76 Å². The van der Waals surface area contributed by atoms with Crippen molar-refractivity contribution < 1.29 is 13.6 Å². The summed E-state index contributed by atoms with van der Waals surface area (Å²) in [5.41, 5.74) is 0.549. The second-order valence-electron chi connectivity index (χ2n) is 7.73. The highest BCUT2D eigenvalue weighted by atomic mass is 35.5. The van der Waals surface area contributed by atoms with Crippen molar-refractivity contribution in [2.24, 2.45) is 0 Å². The molecule has 0 radical (unpaired) electrons. The summed E-state index contributed by atoms with van der Waals surface area (Å²) in [5, 5.41) is 0.298. The van der Waals surface area contributed by atoms with Gasteiger partial charge in [0, 0.05) is 6.54 Å². The number of hydrogen-bond donors (Lipinski definition) is 0. The number of benzene rings is 2. The molecule has 6 nitrogen and oxygen atoms in total. The van der Waals surface area contributed by atoms with Crippen LogP contribution in [0.3, 0.4) is 0 Å². The van der Waals surface area contributed by atoms with Crippen molar-refractivity contribution in [3.8, 4) is 5.69 Å². The quantitative estimate of drug-likeness (QED) is 0.346. The monoisotopic (exact) mass is 467 g/mol. The van der Waals surface area contributed by atoms with Crippen molar-refractivity contribution in [1.82, 2.24) is 14.5 Å². The van der Waals surface area contributed by atoms with E-state index in [-0.39, 0.29) is 22.2 Å². The number of carbonyl (C=O) groups is 1. The third kappa shape index (κ3) is 4.41. The van der Waals surface area contributed by atoms with Crippen LogP contribution in [0, 0.1) is 5.82 Å². The van der Waals surface area contributed by atoms with Crippen LogP contribution in [-0.2, 0) is 0 Å². The van der Waals surface area contributed by atoms with Crippen LogP contribution in [-0.4, -0.2) is 26.9 Å². The lowest BCUT2D eigenvalue weighted by atomic mass is 10.1. The number of rotatable bonds is 7. The first-order valence-corrected chi connectivity index (χ1v) is 11.1. The summed E-state index contributed by atoms with van der Waals surface area (Å²) in [6.45, 7) is 4.30. The zero-order chi connectivity index (χ0) is 23.5. The summed E-state index contributed by atoms with van der Waals surface area (Å²) in [5.74, 6) is -0.337. The Morgan fingerprint density at radius 1 is 1.21 bits per heavy atom. The molecule has 0 aliphatic heterocycles. The van der Waals surface area contributed by atoms with E-state index in [1.54, 1.807) is 41.3 Å². The zero-order valence-electron chi connectivity index (χ0n) is 18.3. The summed E-state index contributed by atoms with van der Waals surface area (Å²) in [4.78, 5) is 33.2. The first-order valence-electron chi connectivity index (χ1n) is 10.7. The van der Waals surface area contributed by atoms with Crippen LogP contribution in [0.15, 0.2) is 70.1 Å². The SMILES string of the molecule is CCCCN(C(=O)c1ccco1)C(C)c1nc2ccccc2c(=O)n1-c1ccc(F)c(Cl)c1. The van der Waals surface area contributed by atoms with Crippen molar-refractivity contribution in [3.63, 3.8) is 0 Å².